The second-order valence-corrected chi connectivity index (χ2v) is 11.1. The molecule has 0 bridgehead atoms. The summed E-state index contributed by atoms with van der Waals surface area (Å²) in [5.41, 5.74) is -0.520. The number of aliphatic hydroxyl groups is 1. The minimum Gasteiger partial charge on any atom is -0.394 e. The molecule has 0 heterocycles. The fourth-order valence-electron chi connectivity index (χ4n) is 3.31. The first-order chi connectivity index (χ1) is 16.9. The molecule has 5 amide bonds. The zero-order chi connectivity index (χ0) is 29.1. The third-order valence-corrected chi connectivity index (χ3v) is 5.58. The molecule has 0 aromatic carbocycles. The maximum atomic E-state index is 13.1. The van der Waals surface area contributed by atoms with E-state index in [1.165, 1.54) is 13.8 Å². The number of carbonyl (C=O) groups excluding carboxylic acids is 6. The molecule has 0 unspecified atom stereocenters. The Bertz CT molecular complexity index is 823. The van der Waals surface area contributed by atoms with Crippen LogP contribution in [0.1, 0.15) is 68.7 Å². The molecule has 0 saturated heterocycles. The molecule has 0 aromatic rings. The summed E-state index contributed by atoms with van der Waals surface area (Å²) in [6, 6.07) is -5.02. The Kier molecular flexibility index (Phi) is 14.0. The van der Waals surface area contributed by atoms with Crippen LogP contribution in [-0.2, 0) is 28.8 Å². The number of nitrogens with one attached hydrogen (secondary N) is 5. The van der Waals surface area contributed by atoms with Gasteiger partial charge in [0, 0.05) is 6.92 Å². The predicted molar refractivity (Wildman–Crippen MR) is 138 cm³/mol. The summed E-state index contributed by atoms with van der Waals surface area (Å²) in [4.78, 5) is 73.8. The number of rotatable bonds is 14. The Morgan fingerprint density at radius 3 is 1.70 bits per heavy atom. The van der Waals surface area contributed by atoms with Crippen molar-refractivity contribution in [3.05, 3.63) is 0 Å². The van der Waals surface area contributed by atoms with E-state index < -0.39 is 71.8 Å². The molecule has 0 rings (SSSR count). The van der Waals surface area contributed by atoms with Crippen LogP contribution in [0, 0.1) is 17.3 Å². The van der Waals surface area contributed by atoms with E-state index >= 15 is 0 Å². The topological polar surface area (TPSA) is 183 Å². The Hall–Kier alpha value is -3.02. The van der Waals surface area contributed by atoms with E-state index in [-0.39, 0.29) is 11.8 Å². The number of carbonyl (C=O) groups is 6. The minimum absolute atomic E-state index is 0.0470. The van der Waals surface area contributed by atoms with Crippen LogP contribution in [0.25, 0.3) is 0 Å². The van der Waals surface area contributed by atoms with Crippen molar-refractivity contribution in [2.75, 3.05) is 6.61 Å². The van der Waals surface area contributed by atoms with Crippen molar-refractivity contribution in [1.82, 2.24) is 26.6 Å². The summed E-state index contributed by atoms with van der Waals surface area (Å²) < 4.78 is 0. The molecule has 0 aliphatic heterocycles. The highest BCUT2D eigenvalue weighted by Gasteiger charge is 2.33. The summed E-state index contributed by atoms with van der Waals surface area (Å²) in [5, 5.41) is 21.9. The average Bonchev–Trinajstić information content (AvgIpc) is 2.76. The van der Waals surface area contributed by atoms with Gasteiger partial charge in [-0.25, -0.2) is 0 Å². The highest BCUT2D eigenvalue weighted by molar-refractivity contribution is 5.95. The number of amides is 5. The van der Waals surface area contributed by atoms with Crippen molar-refractivity contribution in [1.29, 1.82) is 0 Å². The first-order valence-corrected chi connectivity index (χ1v) is 12.5. The van der Waals surface area contributed by atoms with Gasteiger partial charge in [0.05, 0.1) is 12.6 Å². The van der Waals surface area contributed by atoms with Gasteiger partial charge in [-0.3, -0.25) is 24.0 Å². The molecule has 0 aliphatic rings. The second kappa shape index (κ2) is 15.3. The summed E-state index contributed by atoms with van der Waals surface area (Å²) in [6.07, 6.45) is 0.969. The molecule has 5 atom stereocenters. The van der Waals surface area contributed by atoms with Gasteiger partial charge in [0.15, 0.2) is 0 Å². The van der Waals surface area contributed by atoms with Gasteiger partial charge in [-0.1, -0.05) is 48.5 Å². The van der Waals surface area contributed by atoms with E-state index in [1.807, 2.05) is 34.6 Å². The molecular formula is C25H45N5O7. The van der Waals surface area contributed by atoms with E-state index in [9.17, 15) is 33.9 Å². The first kappa shape index (κ1) is 34.0. The van der Waals surface area contributed by atoms with Gasteiger partial charge in [0.1, 0.15) is 30.5 Å². The van der Waals surface area contributed by atoms with E-state index in [0.29, 0.717) is 12.7 Å². The lowest BCUT2D eigenvalue weighted by Crippen LogP contribution is -2.60. The van der Waals surface area contributed by atoms with Crippen molar-refractivity contribution in [2.45, 2.75) is 98.9 Å². The van der Waals surface area contributed by atoms with E-state index in [2.05, 4.69) is 26.6 Å². The minimum atomic E-state index is -1.23. The van der Waals surface area contributed by atoms with Crippen LogP contribution in [-0.4, -0.2) is 77.7 Å². The van der Waals surface area contributed by atoms with Crippen LogP contribution in [0.15, 0.2) is 0 Å². The van der Waals surface area contributed by atoms with E-state index in [4.69, 9.17) is 0 Å². The van der Waals surface area contributed by atoms with E-state index in [1.54, 1.807) is 13.8 Å². The maximum absolute atomic E-state index is 13.1. The van der Waals surface area contributed by atoms with Crippen LogP contribution < -0.4 is 26.6 Å². The molecule has 37 heavy (non-hydrogen) atoms. The van der Waals surface area contributed by atoms with Crippen LogP contribution >= 0.6 is 0 Å². The third kappa shape index (κ3) is 12.2. The molecule has 0 spiro atoms. The van der Waals surface area contributed by atoms with Gasteiger partial charge in [-0.2, -0.15) is 0 Å². The van der Waals surface area contributed by atoms with Crippen LogP contribution in [0.3, 0.4) is 0 Å². The molecule has 12 heteroatoms. The SMILES string of the molecule is CC(=O)N[C@@H](CO)C(=O)N[C@@H](C)C(=O)N[C@H](C(=O)N[C@@H](CC(C)C)C(=O)N[C@H](C=O)C(C)(C)C)C(C)C. The van der Waals surface area contributed by atoms with Crippen molar-refractivity contribution in [3.63, 3.8) is 0 Å². The zero-order valence-corrected chi connectivity index (χ0v) is 23.4. The number of aldehydes is 1. The molecule has 0 saturated carbocycles. The van der Waals surface area contributed by atoms with Crippen LogP contribution in [0.5, 0.6) is 0 Å². The second-order valence-electron chi connectivity index (χ2n) is 11.1. The van der Waals surface area contributed by atoms with Gasteiger partial charge in [-0.05, 0) is 30.6 Å². The third-order valence-electron chi connectivity index (χ3n) is 5.58. The number of aliphatic hydroxyl groups excluding tert-OH is 1. The number of hydrogen-bond donors (Lipinski definition) is 6. The van der Waals surface area contributed by atoms with Gasteiger partial charge in [0.25, 0.3) is 0 Å². The zero-order valence-electron chi connectivity index (χ0n) is 23.4. The molecule has 212 valence electrons. The van der Waals surface area contributed by atoms with Crippen molar-refractivity contribution >= 4 is 35.8 Å². The predicted octanol–water partition coefficient (Wildman–Crippen LogP) is -0.610. The van der Waals surface area contributed by atoms with Crippen LogP contribution in [0.4, 0.5) is 0 Å². The highest BCUT2D eigenvalue weighted by atomic mass is 16.3. The molecule has 0 fully saturated rings. The Morgan fingerprint density at radius 2 is 1.30 bits per heavy atom. The Labute approximate surface area is 219 Å². The normalized spacial score (nSPS) is 15.6. The van der Waals surface area contributed by atoms with Crippen molar-refractivity contribution in [2.24, 2.45) is 17.3 Å². The van der Waals surface area contributed by atoms with Gasteiger partial charge in [0.2, 0.25) is 29.5 Å². The summed E-state index contributed by atoms with van der Waals surface area (Å²) in [6.45, 7) is 14.6. The lowest BCUT2D eigenvalue weighted by Gasteiger charge is -2.30. The van der Waals surface area contributed by atoms with E-state index in [0.717, 1.165) is 0 Å². The standard InChI is InChI=1S/C25H45N5O7/c1-13(2)10-17(22(35)29-19(12-32)25(7,8)9)28-24(37)20(14(3)4)30-21(34)15(5)26-23(36)18(11-31)27-16(6)33/h12-15,17-20,31H,10-11H2,1-9H3,(H,26,36)(H,27,33)(H,28,37)(H,29,35)(H,30,34)/t15-,17-,18-,19+,20-/m0/s1. The summed E-state index contributed by atoms with van der Waals surface area (Å²) >= 11 is 0. The van der Waals surface area contributed by atoms with Gasteiger partial charge >= 0.3 is 0 Å². The average molecular weight is 528 g/mol. The Morgan fingerprint density at radius 1 is 0.757 bits per heavy atom. The molecule has 0 aliphatic carbocycles. The van der Waals surface area contributed by atoms with Crippen molar-refractivity contribution < 1.29 is 33.9 Å². The highest BCUT2D eigenvalue weighted by Crippen LogP contribution is 2.18. The molecule has 0 aromatic heterocycles. The first-order valence-electron chi connectivity index (χ1n) is 12.5. The lowest BCUT2D eigenvalue weighted by molar-refractivity contribution is -0.135. The molecule has 0 radical (unpaired) electrons. The monoisotopic (exact) mass is 527 g/mol. The summed E-state index contributed by atoms with van der Waals surface area (Å²) in [5.74, 6) is -3.36. The fourth-order valence-corrected chi connectivity index (χ4v) is 3.31. The molecular weight excluding hydrogens is 482 g/mol. The molecule has 6 N–H and O–H groups in total. The molecule has 12 nitrogen and oxygen atoms in total. The van der Waals surface area contributed by atoms with Crippen LogP contribution in [0.2, 0.25) is 0 Å². The Balaban J connectivity index is 5.49. The summed E-state index contributed by atoms with van der Waals surface area (Å²) in [7, 11) is 0. The van der Waals surface area contributed by atoms with Gasteiger partial charge < -0.3 is 36.5 Å². The van der Waals surface area contributed by atoms with Crippen molar-refractivity contribution in [3.8, 4) is 0 Å². The smallest absolute Gasteiger partial charge is 0.245 e. The maximum Gasteiger partial charge on any atom is 0.245 e. The number of hydrogen-bond acceptors (Lipinski definition) is 7. The lowest BCUT2D eigenvalue weighted by atomic mass is 9.87. The quantitative estimate of drug-likeness (QED) is 0.163. The largest absolute Gasteiger partial charge is 0.394 e. The van der Waals surface area contributed by atoms with Gasteiger partial charge in [-0.15, -0.1) is 0 Å². The fraction of sp³-hybridized carbons (Fsp3) is 0.760.